The van der Waals surface area contributed by atoms with Gasteiger partial charge in [0.25, 0.3) is 5.91 Å². The third-order valence-corrected chi connectivity index (χ3v) is 6.38. The van der Waals surface area contributed by atoms with Crippen LogP contribution in [0.3, 0.4) is 0 Å². The van der Waals surface area contributed by atoms with E-state index < -0.39 is 21.2 Å². The Morgan fingerprint density at radius 1 is 0.969 bits per heavy atom. The molecule has 0 spiro atoms. The van der Waals surface area contributed by atoms with Crippen molar-refractivity contribution in [3.05, 3.63) is 29.8 Å². The number of carbonyl (C=O) groups excluding carboxylic acids is 2. The maximum Gasteiger partial charge on any atom is 0.410 e. The SMILES string of the molecule is CC(C)(C)NS(=O)(=O)c1ccc(C(=O)NCCN2CCN(C(=O)OC(C)(C)C)CC2)cc1. The van der Waals surface area contributed by atoms with Crippen molar-refractivity contribution in [1.82, 2.24) is 19.8 Å². The normalized spacial score (nSPS) is 16.0. The van der Waals surface area contributed by atoms with E-state index in [2.05, 4.69) is 14.9 Å². The Labute approximate surface area is 191 Å². The summed E-state index contributed by atoms with van der Waals surface area (Å²) in [7, 11) is -3.64. The van der Waals surface area contributed by atoms with Crippen molar-refractivity contribution in [3.8, 4) is 0 Å². The summed E-state index contributed by atoms with van der Waals surface area (Å²) in [6.45, 7) is 14.6. The fourth-order valence-electron chi connectivity index (χ4n) is 3.16. The molecule has 1 aliphatic heterocycles. The van der Waals surface area contributed by atoms with Crippen LogP contribution >= 0.6 is 0 Å². The minimum absolute atomic E-state index is 0.117. The van der Waals surface area contributed by atoms with Gasteiger partial charge in [-0.1, -0.05) is 0 Å². The van der Waals surface area contributed by atoms with Gasteiger partial charge in [-0.15, -0.1) is 0 Å². The quantitative estimate of drug-likeness (QED) is 0.662. The second kappa shape index (κ2) is 10.2. The highest BCUT2D eigenvalue weighted by Gasteiger charge is 2.26. The Bertz CT molecular complexity index is 894. The summed E-state index contributed by atoms with van der Waals surface area (Å²) >= 11 is 0. The largest absolute Gasteiger partial charge is 0.444 e. The van der Waals surface area contributed by atoms with E-state index >= 15 is 0 Å². The van der Waals surface area contributed by atoms with Crippen molar-refractivity contribution in [2.75, 3.05) is 39.3 Å². The topological polar surface area (TPSA) is 108 Å². The Morgan fingerprint density at radius 2 is 1.53 bits per heavy atom. The molecule has 0 bridgehead atoms. The van der Waals surface area contributed by atoms with Crippen LogP contribution in [-0.4, -0.2) is 80.6 Å². The fraction of sp³-hybridized carbons (Fsp3) is 0.636. The van der Waals surface area contributed by atoms with Crippen molar-refractivity contribution in [2.45, 2.75) is 57.6 Å². The lowest BCUT2D eigenvalue weighted by Crippen LogP contribution is -2.51. The number of nitrogens with one attached hydrogen (secondary N) is 2. The number of nitrogens with zero attached hydrogens (tertiary/aromatic N) is 2. The Morgan fingerprint density at radius 3 is 2.03 bits per heavy atom. The van der Waals surface area contributed by atoms with Crippen molar-refractivity contribution in [1.29, 1.82) is 0 Å². The molecule has 0 radical (unpaired) electrons. The molecule has 1 aromatic rings. The average molecular weight is 469 g/mol. The van der Waals surface area contributed by atoms with Crippen molar-refractivity contribution in [2.24, 2.45) is 0 Å². The Kier molecular flexibility index (Phi) is 8.30. The number of sulfonamides is 1. The first-order valence-electron chi connectivity index (χ1n) is 10.8. The van der Waals surface area contributed by atoms with Crippen molar-refractivity contribution in [3.63, 3.8) is 0 Å². The number of piperazine rings is 1. The Balaban J connectivity index is 1.78. The lowest BCUT2D eigenvalue weighted by molar-refractivity contribution is 0.0147. The molecule has 10 heteroatoms. The lowest BCUT2D eigenvalue weighted by atomic mass is 10.1. The average Bonchev–Trinajstić information content (AvgIpc) is 2.65. The minimum atomic E-state index is -3.64. The predicted molar refractivity (Wildman–Crippen MR) is 123 cm³/mol. The molecule has 0 aliphatic carbocycles. The van der Waals surface area contributed by atoms with E-state index in [1.54, 1.807) is 25.7 Å². The van der Waals surface area contributed by atoms with Gasteiger partial charge in [-0.05, 0) is 65.8 Å². The van der Waals surface area contributed by atoms with E-state index in [0.717, 1.165) is 0 Å². The number of hydrogen-bond donors (Lipinski definition) is 2. The van der Waals surface area contributed by atoms with Gasteiger partial charge in [0, 0.05) is 50.4 Å². The molecule has 2 N–H and O–H groups in total. The monoisotopic (exact) mass is 468 g/mol. The first kappa shape index (κ1) is 26.1. The summed E-state index contributed by atoms with van der Waals surface area (Å²) in [6.07, 6.45) is -0.298. The molecule has 0 atom stereocenters. The number of hydrogen-bond acceptors (Lipinski definition) is 6. The van der Waals surface area contributed by atoms with Crippen LogP contribution in [0, 0.1) is 0 Å². The van der Waals surface area contributed by atoms with Crippen molar-refractivity contribution < 1.29 is 22.7 Å². The van der Waals surface area contributed by atoms with E-state index in [9.17, 15) is 18.0 Å². The molecule has 1 saturated heterocycles. The van der Waals surface area contributed by atoms with E-state index in [-0.39, 0.29) is 16.9 Å². The van der Waals surface area contributed by atoms with Gasteiger partial charge in [0.15, 0.2) is 0 Å². The molecule has 32 heavy (non-hydrogen) atoms. The smallest absolute Gasteiger partial charge is 0.410 e. The summed E-state index contributed by atoms with van der Waals surface area (Å²) < 4.78 is 32.7. The zero-order chi connectivity index (χ0) is 24.2. The molecular weight excluding hydrogens is 432 g/mol. The third kappa shape index (κ3) is 8.40. The van der Waals surface area contributed by atoms with Crippen LogP contribution in [0.1, 0.15) is 51.9 Å². The molecule has 1 fully saturated rings. The molecule has 1 aromatic carbocycles. The summed E-state index contributed by atoms with van der Waals surface area (Å²) in [4.78, 5) is 28.5. The zero-order valence-electron chi connectivity index (χ0n) is 19.9. The van der Waals surface area contributed by atoms with Gasteiger partial charge in [-0.2, -0.15) is 0 Å². The molecule has 0 aromatic heterocycles. The van der Waals surface area contributed by atoms with Gasteiger partial charge in [-0.3, -0.25) is 9.69 Å². The highest BCUT2D eigenvalue weighted by Crippen LogP contribution is 2.14. The number of rotatable bonds is 6. The van der Waals surface area contributed by atoms with Crippen LogP contribution in [0.25, 0.3) is 0 Å². The maximum absolute atomic E-state index is 12.4. The molecule has 2 rings (SSSR count). The van der Waals surface area contributed by atoms with Crippen LogP contribution in [0.5, 0.6) is 0 Å². The predicted octanol–water partition coefficient (Wildman–Crippen LogP) is 2.05. The molecule has 1 heterocycles. The second-order valence-electron chi connectivity index (χ2n) is 9.94. The van der Waals surface area contributed by atoms with Crippen LogP contribution in [0.15, 0.2) is 29.2 Å². The maximum atomic E-state index is 12.4. The molecular formula is C22H36N4O5S. The Hall–Kier alpha value is -2.17. The first-order chi connectivity index (χ1) is 14.7. The minimum Gasteiger partial charge on any atom is -0.444 e. The van der Waals surface area contributed by atoms with Gasteiger partial charge in [0.05, 0.1) is 4.90 Å². The molecule has 0 unspecified atom stereocenters. The van der Waals surface area contributed by atoms with Gasteiger partial charge < -0.3 is 15.0 Å². The molecule has 180 valence electrons. The van der Waals surface area contributed by atoms with Gasteiger partial charge in [0.2, 0.25) is 10.0 Å². The zero-order valence-corrected chi connectivity index (χ0v) is 20.7. The highest BCUT2D eigenvalue weighted by atomic mass is 32.2. The second-order valence-corrected chi connectivity index (χ2v) is 11.6. The number of carbonyl (C=O) groups is 2. The van der Waals surface area contributed by atoms with Crippen LogP contribution < -0.4 is 10.0 Å². The van der Waals surface area contributed by atoms with Gasteiger partial charge in [0.1, 0.15) is 5.60 Å². The molecule has 9 nitrogen and oxygen atoms in total. The van der Waals surface area contributed by atoms with Crippen LogP contribution in [0.2, 0.25) is 0 Å². The lowest BCUT2D eigenvalue weighted by Gasteiger charge is -2.35. The standard InChI is InChI=1S/C22H36N4O5S/c1-21(2,3)24-32(29,30)18-9-7-17(8-10-18)19(27)23-11-12-25-13-15-26(16-14-25)20(28)31-22(4,5)6/h7-10,24H,11-16H2,1-6H3,(H,23,27). The van der Waals surface area contributed by atoms with Crippen LogP contribution in [0.4, 0.5) is 4.79 Å². The summed E-state index contributed by atoms with van der Waals surface area (Å²) in [5, 5.41) is 2.86. The van der Waals surface area contributed by atoms with Gasteiger partial charge in [-0.25, -0.2) is 17.9 Å². The van der Waals surface area contributed by atoms with E-state index in [0.29, 0.717) is 44.8 Å². The van der Waals surface area contributed by atoms with Crippen molar-refractivity contribution >= 4 is 22.0 Å². The van der Waals surface area contributed by atoms with E-state index in [1.165, 1.54) is 24.3 Å². The summed E-state index contributed by atoms with van der Waals surface area (Å²) in [5.41, 5.74) is -0.702. The van der Waals surface area contributed by atoms with E-state index in [1.807, 2.05) is 20.8 Å². The summed E-state index contributed by atoms with van der Waals surface area (Å²) in [6, 6.07) is 5.87. The first-order valence-corrected chi connectivity index (χ1v) is 12.3. The van der Waals surface area contributed by atoms with Gasteiger partial charge >= 0.3 is 6.09 Å². The number of benzene rings is 1. The van der Waals surface area contributed by atoms with E-state index in [4.69, 9.17) is 4.74 Å². The van der Waals surface area contributed by atoms with Crippen LogP contribution in [-0.2, 0) is 14.8 Å². The highest BCUT2D eigenvalue weighted by molar-refractivity contribution is 7.89. The number of amides is 2. The number of ether oxygens (including phenoxy) is 1. The fourth-order valence-corrected chi connectivity index (χ4v) is 4.58. The summed E-state index contributed by atoms with van der Waals surface area (Å²) in [5.74, 6) is -0.259. The third-order valence-electron chi connectivity index (χ3n) is 4.60. The molecule has 1 aliphatic rings. The molecule has 0 saturated carbocycles. The molecule has 2 amide bonds.